The molecule has 1 N–H and O–H groups in total. The van der Waals surface area contributed by atoms with Crippen molar-refractivity contribution in [2.24, 2.45) is 0 Å². The van der Waals surface area contributed by atoms with Crippen molar-refractivity contribution in [3.05, 3.63) is 53.7 Å². The molecule has 0 saturated carbocycles. The van der Waals surface area contributed by atoms with Gasteiger partial charge in [-0.05, 0) is 30.3 Å². The van der Waals surface area contributed by atoms with E-state index in [0.29, 0.717) is 17.1 Å². The zero-order valence-electron chi connectivity index (χ0n) is 8.68. The van der Waals surface area contributed by atoms with Crippen LogP contribution in [0.15, 0.2) is 41.0 Å². The lowest BCUT2D eigenvalue weighted by molar-refractivity contribution is 0.184. The Labute approximate surface area is 92.1 Å². The van der Waals surface area contributed by atoms with Gasteiger partial charge >= 0.3 is 0 Å². The maximum atomic E-state index is 13.1. The molecule has 0 fully saturated rings. The molecule has 0 amide bonds. The molecule has 0 spiro atoms. The van der Waals surface area contributed by atoms with Crippen LogP contribution in [-0.4, -0.2) is 12.2 Å². The predicted octanol–water partition coefficient (Wildman–Crippen LogP) is 2.51. The van der Waals surface area contributed by atoms with E-state index >= 15 is 0 Å². The highest BCUT2D eigenvalue weighted by molar-refractivity contribution is 5.38. The fraction of sp³-hybridized carbons (Fsp3) is 0.167. The van der Waals surface area contributed by atoms with Crippen LogP contribution in [0.1, 0.15) is 17.4 Å². The second-order valence-electron chi connectivity index (χ2n) is 3.30. The molecule has 3 nitrogen and oxygen atoms in total. The summed E-state index contributed by atoms with van der Waals surface area (Å²) in [4.78, 5) is 0. The van der Waals surface area contributed by atoms with E-state index in [0.717, 1.165) is 0 Å². The van der Waals surface area contributed by atoms with Crippen LogP contribution in [0.5, 0.6) is 5.75 Å². The number of rotatable bonds is 3. The second kappa shape index (κ2) is 4.37. The van der Waals surface area contributed by atoms with Crippen molar-refractivity contribution >= 4 is 0 Å². The third-order valence-corrected chi connectivity index (χ3v) is 2.30. The Morgan fingerprint density at radius 3 is 2.81 bits per heavy atom. The number of aliphatic hydroxyl groups is 1. The van der Waals surface area contributed by atoms with Gasteiger partial charge in [-0.25, -0.2) is 4.39 Å². The van der Waals surface area contributed by atoms with Gasteiger partial charge in [0.15, 0.2) is 0 Å². The second-order valence-corrected chi connectivity index (χ2v) is 3.30. The lowest BCUT2D eigenvalue weighted by atomic mass is 10.1. The number of aliphatic hydroxyl groups excluding tert-OH is 1. The summed E-state index contributed by atoms with van der Waals surface area (Å²) in [5.74, 6) is 0.343. The zero-order valence-corrected chi connectivity index (χ0v) is 8.68. The van der Waals surface area contributed by atoms with Gasteiger partial charge in [-0.3, -0.25) is 0 Å². The number of methoxy groups -OCH3 is 1. The number of halogens is 1. The van der Waals surface area contributed by atoms with Crippen molar-refractivity contribution in [2.75, 3.05) is 7.11 Å². The third-order valence-electron chi connectivity index (χ3n) is 2.30. The highest BCUT2D eigenvalue weighted by Crippen LogP contribution is 2.30. The van der Waals surface area contributed by atoms with Crippen molar-refractivity contribution in [3.63, 3.8) is 0 Å². The molecule has 0 aliphatic heterocycles. The number of benzene rings is 1. The molecule has 0 radical (unpaired) electrons. The summed E-state index contributed by atoms with van der Waals surface area (Å²) in [6.45, 7) is 0. The van der Waals surface area contributed by atoms with Crippen molar-refractivity contribution in [2.45, 2.75) is 6.10 Å². The number of ether oxygens (including phenoxy) is 1. The fourth-order valence-corrected chi connectivity index (χ4v) is 1.52. The van der Waals surface area contributed by atoms with E-state index in [4.69, 9.17) is 9.15 Å². The molecule has 84 valence electrons. The largest absolute Gasteiger partial charge is 0.496 e. The van der Waals surface area contributed by atoms with Crippen LogP contribution in [0.25, 0.3) is 0 Å². The zero-order chi connectivity index (χ0) is 11.5. The van der Waals surface area contributed by atoms with Gasteiger partial charge in [0.25, 0.3) is 0 Å². The van der Waals surface area contributed by atoms with Crippen LogP contribution >= 0.6 is 0 Å². The van der Waals surface area contributed by atoms with Gasteiger partial charge in [0.1, 0.15) is 23.4 Å². The minimum absolute atomic E-state index is 0.345. The molecular weight excluding hydrogens is 211 g/mol. The Kier molecular flexibility index (Phi) is 2.92. The quantitative estimate of drug-likeness (QED) is 0.867. The van der Waals surface area contributed by atoms with E-state index in [1.807, 2.05) is 0 Å². The molecule has 1 heterocycles. The smallest absolute Gasteiger partial charge is 0.140 e. The first kappa shape index (κ1) is 10.7. The van der Waals surface area contributed by atoms with E-state index in [-0.39, 0.29) is 0 Å². The van der Waals surface area contributed by atoms with Crippen molar-refractivity contribution < 1.29 is 18.7 Å². The molecule has 1 aromatic carbocycles. The number of hydrogen-bond donors (Lipinski definition) is 1. The standard InChI is InChI=1S/C12H11FO3/c1-15-10-5-4-8(13)7-9(10)12(14)11-3-2-6-16-11/h2-7,12,14H,1H3/t12-/m0/s1. The first-order valence-electron chi connectivity index (χ1n) is 4.77. The number of hydrogen-bond acceptors (Lipinski definition) is 3. The molecular formula is C12H11FO3. The van der Waals surface area contributed by atoms with Crippen LogP contribution in [0.4, 0.5) is 4.39 Å². The van der Waals surface area contributed by atoms with Gasteiger partial charge in [-0.1, -0.05) is 0 Å². The SMILES string of the molecule is COc1ccc(F)cc1[C@H](O)c1ccco1. The normalized spacial score (nSPS) is 12.4. The van der Waals surface area contributed by atoms with E-state index in [1.165, 1.54) is 31.6 Å². The van der Waals surface area contributed by atoms with Gasteiger partial charge in [-0.2, -0.15) is 0 Å². The average molecular weight is 222 g/mol. The highest BCUT2D eigenvalue weighted by atomic mass is 19.1. The molecule has 2 aromatic rings. The highest BCUT2D eigenvalue weighted by Gasteiger charge is 2.18. The maximum Gasteiger partial charge on any atom is 0.140 e. The fourth-order valence-electron chi connectivity index (χ4n) is 1.52. The molecule has 0 aliphatic carbocycles. The van der Waals surface area contributed by atoms with Gasteiger partial charge in [0.05, 0.1) is 13.4 Å². The van der Waals surface area contributed by atoms with Gasteiger partial charge < -0.3 is 14.3 Å². The Bertz CT molecular complexity index is 465. The van der Waals surface area contributed by atoms with E-state index < -0.39 is 11.9 Å². The van der Waals surface area contributed by atoms with Crippen molar-refractivity contribution in [1.82, 2.24) is 0 Å². The van der Waals surface area contributed by atoms with Crippen molar-refractivity contribution in [3.8, 4) is 5.75 Å². The Morgan fingerprint density at radius 2 is 2.19 bits per heavy atom. The van der Waals surface area contributed by atoms with E-state index in [1.54, 1.807) is 12.1 Å². The molecule has 0 unspecified atom stereocenters. The third kappa shape index (κ3) is 1.92. The summed E-state index contributed by atoms with van der Waals surface area (Å²) in [7, 11) is 1.46. The predicted molar refractivity (Wildman–Crippen MR) is 55.7 cm³/mol. The first-order chi connectivity index (χ1) is 7.72. The Balaban J connectivity index is 2.42. The van der Waals surface area contributed by atoms with Crippen LogP contribution in [-0.2, 0) is 0 Å². The summed E-state index contributed by atoms with van der Waals surface area (Å²) in [5.41, 5.74) is 0.345. The summed E-state index contributed by atoms with van der Waals surface area (Å²) in [6.07, 6.45) is 0.422. The molecule has 0 saturated heterocycles. The molecule has 2 rings (SSSR count). The Hall–Kier alpha value is -1.81. The minimum Gasteiger partial charge on any atom is -0.496 e. The first-order valence-corrected chi connectivity index (χ1v) is 4.77. The number of furan rings is 1. The summed E-state index contributed by atoms with van der Waals surface area (Å²) < 4.78 is 23.2. The lowest BCUT2D eigenvalue weighted by Crippen LogP contribution is -2.01. The van der Waals surface area contributed by atoms with E-state index in [2.05, 4.69) is 0 Å². The van der Waals surface area contributed by atoms with Gasteiger partial charge in [0, 0.05) is 5.56 Å². The van der Waals surface area contributed by atoms with Gasteiger partial charge in [0.2, 0.25) is 0 Å². The summed E-state index contributed by atoms with van der Waals surface area (Å²) >= 11 is 0. The van der Waals surface area contributed by atoms with E-state index in [9.17, 15) is 9.50 Å². The van der Waals surface area contributed by atoms with Gasteiger partial charge in [-0.15, -0.1) is 0 Å². The molecule has 0 aliphatic rings. The molecule has 4 heteroatoms. The summed E-state index contributed by atoms with van der Waals surface area (Å²) in [6, 6.07) is 7.25. The Morgan fingerprint density at radius 1 is 1.38 bits per heavy atom. The monoisotopic (exact) mass is 222 g/mol. The topological polar surface area (TPSA) is 42.6 Å². The summed E-state index contributed by atoms with van der Waals surface area (Å²) in [5, 5.41) is 9.98. The van der Waals surface area contributed by atoms with Crippen molar-refractivity contribution in [1.29, 1.82) is 0 Å². The molecule has 0 bridgehead atoms. The molecule has 16 heavy (non-hydrogen) atoms. The van der Waals surface area contributed by atoms with Crippen LogP contribution < -0.4 is 4.74 Å². The van der Waals surface area contributed by atoms with Crippen LogP contribution in [0, 0.1) is 5.82 Å². The minimum atomic E-state index is -1.03. The molecule has 1 aromatic heterocycles. The van der Waals surface area contributed by atoms with Crippen LogP contribution in [0.3, 0.4) is 0 Å². The molecule has 1 atom stereocenters. The van der Waals surface area contributed by atoms with Crippen LogP contribution in [0.2, 0.25) is 0 Å². The average Bonchev–Trinajstić information content (AvgIpc) is 2.81. The lowest BCUT2D eigenvalue weighted by Gasteiger charge is -2.12. The maximum absolute atomic E-state index is 13.1.